The number of ketones is 1. The molecule has 4 rings (SSSR count). The number of aryl methyl sites for hydroxylation is 1. The molecule has 1 fully saturated rings. The lowest BCUT2D eigenvalue weighted by Crippen LogP contribution is -2.32. The number of rotatable bonds is 0. The van der Waals surface area contributed by atoms with E-state index in [1.54, 1.807) is 12.1 Å². The van der Waals surface area contributed by atoms with Gasteiger partial charge in [0.2, 0.25) is 0 Å². The molecule has 2 atom stereocenters. The number of carbonyl (C=O) groups is 1. The molecule has 2 aliphatic carbocycles. The van der Waals surface area contributed by atoms with Crippen LogP contribution in [0.4, 0.5) is 0 Å². The Kier molecular flexibility index (Phi) is 2.42. The minimum atomic E-state index is -0.260. The Morgan fingerprint density at radius 3 is 2.76 bits per heavy atom. The molecule has 108 valence electrons. The minimum Gasteiger partial charge on any atom is -0.508 e. The summed E-state index contributed by atoms with van der Waals surface area (Å²) < 4.78 is 0. The van der Waals surface area contributed by atoms with Gasteiger partial charge in [-0.1, -0.05) is 13.0 Å². The maximum Gasteiger partial charge on any atom is 0.139 e. The number of hydrogen-bond acceptors (Lipinski definition) is 3. The molecule has 21 heavy (non-hydrogen) atoms. The van der Waals surface area contributed by atoms with Crippen LogP contribution >= 0.6 is 0 Å². The van der Waals surface area contributed by atoms with Gasteiger partial charge in [0.25, 0.3) is 0 Å². The lowest BCUT2D eigenvalue weighted by molar-refractivity contribution is -0.126. The predicted octanol–water partition coefficient (Wildman–Crippen LogP) is 3.65. The zero-order valence-electron chi connectivity index (χ0n) is 12.0. The fourth-order valence-corrected chi connectivity index (χ4v) is 4.34. The smallest absolute Gasteiger partial charge is 0.139 e. The zero-order valence-corrected chi connectivity index (χ0v) is 12.0. The fraction of sp³-hybridized carbons (Fsp3) is 0.389. The lowest BCUT2D eigenvalue weighted by Gasteiger charge is -2.37. The highest BCUT2D eigenvalue weighted by molar-refractivity contribution is 5.95. The second-order valence-corrected chi connectivity index (χ2v) is 6.63. The molecule has 0 spiro atoms. The van der Waals surface area contributed by atoms with Gasteiger partial charge in [0, 0.05) is 17.2 Å². The first kappa shape index (κ1) is 12.7. The molecule has 0 radical (unpaired) electrons. The van der Waals surface area contributed by atoms with Gasteiger partial charge >= 0.3 is 0 Å². The van der Waals surface area contributed by atoms with Crippen LogP contribution in [0.15, 0.2) is 24.3 Å². The van der Waals surface area contributed by atoms with Gasteiger partial charge in [-0.2, -0.15) is 0 Å². The molecule has 0 bridgehead atoms. The number of benzene rings is 2. The average Bonchev–Trinajstić information content (AvgIpc) is 2.76. The number of carbonyl (C=O) groups excluding carboxylic acids is 1. The molecule has 2 aliphatic rings. The molecule has 2 unspecified atom stereocenters. The molecular formula is C18H18O3. The van der Waals surface area contributed by atoms with Crippen LogP contribution in [-0.4, -0.2) is 16.0 Å². The highest BCUT2D eigenvalue weighted by atomic mass is 16.3. The van der Waals surface area contributed by atoms with Crippen LogP contribution in [0, 0.1) is 5.41 Å². The molecule has 0 amide bonds. The highest BCUT2D eigenvalue weighted by Crippen LogP contribution is 2.55. The van der Waals surface area contributed by atoms with E-state index in [-0.39, 0.29) is 22.8 Å². The first-order valence-corrected chi connectivity index (χ1v) is 7.51. The SMILES string of the molecule is CC12CCc3c(cc(O)c4cc(O)ccc34)C1CCC2=O. The Labute approximate surface area is 123 Å². The second-order valence-electron chi connectivity index (χ2n) is 6.63. The molecule has 0 aliphatic heterocycles. The number of Topliss-reactive ketones (excluding diaryl/α,β-unsaturated/α-hetero) is 1. The van der Waals surface area contributed by atoms with E-state index in [0.29, 0.717) is 17.6 Å². The summed E-state index contributed by atoms with van der Waals surface area (Å²) >= 11 is 0. The van der Waals surface area contributed by atoms with E-state index in [0.717, 1.165) is 30.2 Å². The second kappa shape index (κ2) is 4.00. The minimum absolute atomic E-state index is 0.162. The van der Waals surface area contributed by atoms with Crippen LogP contribution in [0.5, 0.6) is 11.5 Å². The molecule has 2 aromatic carbocycles. The van der Waals surface area contributed by atoms with Gasteiger partial charge in [-0.05, 0) is 59.9 Å². The summed E-state index contributed by atoms with van der Waals surface area (Å²) in [5, 5.41) is 21.7. The summed E-state index contributed by atoms with van der Waals surface area (Å²) in [6.07, 6.45) is 3.26. The normalized spacial score (nSPS) is 27.7. The number of phenolic OH excluding ortho intramolecular Hbond substituents is 2. The summed E-state index contributed by atoms with van der Waals surface area (Å²) in [5.41, 5.74) is 2.11. The number of fused-ring (bicyclic) bond motifs is 5. The van der Waals surface area contributed by atoms with Crippen molar-refractivity contribution in [1.82, 2.24) is 0 Å². The van der Waals surface area contributed by atoms with Crippen molar-refractivity contribution in [3.8, 4) is 11.5 Å². The molecule has 3 nitrogen and oxygen atoms in total. The Bertz CT molecular complexity index is 778. The van der Waals surface area contributed by atoms with Crippen molar-refractivity contribution in [2.24, 2.45) is 5.41 Å². The van der Waals surface area contributed by atoms with Crippen LogP contribution < -0.4 is 0 Å². The van der Waals surface area contributed by atoms with Crippen molar-refractivity contribution in [1.29, 1.82) is 0 Å². The first-order chi connectivity index (χ1) is 10.0. The highest BCUT2D eigenvalue weighted by Gasteiger charge is 2.49. The van der Waals surface area contributed by atoms with Crippen LogP contribution in [0.3, 0.4) is 0 Å². The molecule has 0 heterocycles. The van der Waals surface area contributed by atoms with Gasteiger partial charge < -0.3 is 10.2 Å². The van der Waals surface area contributed by atoms with Gasteiger partial charge in [0.15, 0.2) is 0 Å². The standard InChI is InChI=1S/C18H18O3/c1-18-7-6-12-11-3-2-10(19)8-14(11)16(20)9-13(12)15(18)4-5-17(18)21/h2-3,8-9,15,19-20H,4-7H2,1H3. The number of aromatic hydroxyl groups is 2. The predicted molar refractivity (Wildman–Crippen MR) is 80.7 cm³/mol. The van der Waals surface area contributed by atoms with Gasteiger partial charge in [-0.25, -0.2) is 0 Å². The van der Waals surface area contributed by atoms with Crippen molar-refractivity contribution in [3.05, 3.63) is 35.4 Å². The van der Waals surface area contributed by atoms with E-state index in [9.17, 15) is 15.0 Å². The first-order valence-electron chi connectivity index (χ1n) is 7.51. The summed E-state index contributed by atoms with van der Waals surface area (Å²) in [6, 6.07) is 6.97. The van der Waals surface area contributed by atoms with Gasteiger partial charge in [-0.3, -0.25) is 4.79 Å². The third-order valence-electron chi connectivity index (χ3n) is 5.58. The summed E-state index contributed by atoms with van der Waals surface area (Å²) in [7, 11) is 0. The van der Waals surface area contributed by atoms with Gasteiger partial charge in [0.05, 0.1) is 0 Å². The van der Waals surface area contributed by atoms with Crippen molar-refractivity contribution in [3.63, 3.8) is 0 Å². The van der Waals surface area contributed by atoms with E-state index >= 15 is 0 Å². The van der Waals surface area contributed by atoms with Crippen LogP contribution in [0.25, 0.3) is 10.8 Å². The summed E-state index contributed by atoms with van der Waals surface area (Å²) in [5.74, 6) is 0.944. The number of hydrogen-bond donors (Lipinski definition) is 2. The quantitative estimate of drug-likeness (QED) is 0.775. The molecule has 3 heteroatoms. The maximum absolute atomic E-state index is 12.2. The zero-order chi connectivity index (χ0) is 14.8. The Balaban J connectivity index is 2.00. The Hall–Kier alpha value is -2.03. The van der Waals surface area contributed by atoms with Crippen LogP contribution in [0.2, 0.25) is 0 Å². The fourth-order valence-electron chi connectivity index (χ4n) is 4.34. The van der Waals surface area contributed by atoms with Crippen LogP contribution in [-0.2, 0) is 11.2 Å². The molecule has 2 N–H and O–H groups in total. The topological polar surface area (TPSA) is 57.5 Å². The molecule has 1 saturated carbocycles. The number of phenols is 2. The third-order valence-corrected chi connectivity index (χ3v) is 5.58. The summed E-state index contributed by atoms with van der Waals surface area (Å²) in [6.45, 7) is 2.08. The van der Waals surface area contributed by atoms with E-state index < -0.39 is 0 Å². The van der Waals surface area contributed by atoms with E-state index in [2.05, 4.69) is 6.92 Å². The lowest BCUT2D eigenvalue weighted by atomic mass is 9.66. The van der Waals surface area contributed by atoms with Crippen LogP contribution in [0.1, 0.15) is 43.2 Å². The van der Waals surface area contributed by atoms with E-state index in [4.69, 9.17) is 0 Å². The molecule has 2 aromatic rings. The summed E-state index contributed by atoms with van der Waals surface area (Å²) in [4.78, 5) is 12.2. The Morgan fingerprint density at radius 1 is 1.14 bits per heavy atom. The molecular weight excluding hydrogens is 264 g/mol. The average molecular weight is 282 g/mol. The Morgan fingerprint density at radius 2 is 1.95 bits per heavy atom. The largest absolute Gasteiger partial charge is 0.508 e. The monoisotopic (exact) mass is 282 g/mol. The maximum atomic E-state index is 12.2. The molecule has 0 aromatic heterocycles. The van der Waals surface area contributed by atoms with Crippen molar-refractivity contribution < 1.29 is 15.0 Å². The van der Waals surface area contributed by atoms with E-state index in [1.807, 2.05) is 12.1 Å². The van der Waals surface area contributed by atoms with E-state index in [1.165, 1.54) is 5.56 Å². The van der Waals surface area contributed by atoms with Crippen molar-refractivity contribution in [2.45, 2.75) is 38.5 Å². The van der Waals surface area contributed by atoms with Gasteiger partial charge in [0.1, 0.15) is 17.3 Å². The van der Waals surface area contributed by atoms with Crippen molar-refractivity contribution in [2.75, 3.05) is 0 Å². The van der Waals surface area contributed by atoms with Crippen molar-refractivity contribution >= 4 is 16.6 Å². The third kappa shape index (κ3) is 1.57. The molecule has 0 saturated heterocycles. The van der Waals surface area contributed by atoms with Gasteiger partial charge in [-0.15, -0.1) is 0 Å².